The number of rotatable bonds is 5. The normalized spacial score (nSPS) is 23.8. The van der Waals surface area contributed by atoms with Gasteiger partial charge in [-0.05, 0) is 42.4 Å². The van der Waals surface area contributed by atoms with Crippen LogP contribution in [-0.4, -0.2) is 46.5 Å². The molecule has 1 fully saturated rings. The Kier molecular flexibility index (Phi) is 4.78. The number of nitriles is 1. The first-order valence-electron chi connectivity index (χ1n) is 11.7. The Morgan fingerprint density at radius 3 is 2.82 bits per heavy atom. The van der Waals surface area contributed by atoms with Crippen molar-refractivity contribution in [2.24, 2.45) is 0 Å². The SMILES string of the molecule is C[C@@]12O[C@@](CCOc3noc4ccc(Cl)cc34)(C[C@H]1O)c1c2c(O)n(-c2ccc(C#N)c3nsnc23)c1O. The molecule has 38 heavy (non-hydrogen) atoms. The van der Waals surface area contributed by atoms with Gasteiger partial charge in [-0.15, -0.1) is 0 Å². The van der Waals surface area contributed by atoms with Crippen molar-refractivity contribution in [2.75, 3.05) is 6.61 Å². The number of ether oxygens (including phenoxy) is 2. The van der Waals surface area contributed by atoms with Gasteiger partial charge in [-0.2, -0.15) is 14.0 Å². The second kappa shape index (κ2) is 7.81. The highest BCUT2D eigenvalue weighted by Gasteiger charge is 2.66. The number of nitrogens with zero attached hydrogens (tertiary/aromatic N) is 5. The van der Waals surface area contributed by atoms with Crippen LogP contribution in [0.5, 0.6) is 17.6 Å². The van der Waals surface area contributed by atoms with Crippen molar-refractivity contribution in [3.8, 4) is 29.4 Å². The number of aliphatic hydroxyl groups excluding tert-OH is 1. The van der Waals surface area contributed by atoms with Gasteiger partial charge in [-0.3, -0.25) is 0 Å². The molecule has 3 N–H and O–H groups in total. The molecule has 3 atom stereocenters. The first-order valence-corrected chi connectivity index (χ1v) is 12.8. The molecule has 2 bridgehead atoms. The summed E-state index contributed by atoms with van der Waals surface area (Å²) in [5.41, 5.74) is 0.215. The molecule has 0 saturated carbocycles. The second-order valence-corrected chi connectivity index (χ2v) is 10.6. The number of aromatic nitrogens is 4. The highest BCUT2D eigenvalue weighted by atomic mass is 35.5. The van der Waals surface area contributed by atoms with Crippen LogP contribution in [0.25, 0.3) is 27.7 Å². The van der Waals surface area contributed by atoms with Crippen LogP contribution in [0.15, 0.2) is 34.9 Å². The van der Waals surface area contributed by atoms with Gasteiger partial charge >= 0.3 is 0 Å². The molecule has 2 aliphatic rings. The largest absolute Gasteiger partial charge is 0.494 e. The van der Waals surface area contributed by atoms with Crippen LogP contribution < -0.4 is 4.74 Å². The molecule has 0 radical (unpaired) electrons. The van der Waals surface area contributed by atoms with Gasteiger partial charge in [0.1, 0.15) is 28.3 Å². The van der Waals surface area contributed by atoms with Crippen LogP contribution >= 0.6 is 23.3 Å². The summed E-state index contributed by atoms with van der Waals surface area (Å²) in [5, 5.41) is 48.4. The minimum Gasteiger partial charge on any atom is -0.494 e. The summed E-state index contributed by atoms with van der Waals surface area (Å²) in [7, 11) is 0. The maximum atomic E-state index is 11.5. The van der Waals surface area contributed by atoms with E-state index < -0.39 is 17.3 Å². The van der Waals surface area contributed by atoms with E-state index in [0.717, 1.165) is 11.7 Å². The van der Waals surface area contributed by atoms with Crippen molar-refractivity contribution in [2.45, 2.75) is 37.1 Å². The summed E-state index contributed by atoms with van der Waals surface area (Å²) >= 11 is 7.03. The molecular weight excluding hydrogens is 534 g/mol. The molecule has 11 nitrogen and oxygen atoms in total. The van der Waals surface area contributed by atoms with Gasteiger partial charge in [0.25, 0.3) is 5.88 Å². The first kappa shape index (κ1) is 23.2. The third-order valence-corrected chi connectivity index (χ3v) is 8.30. The molecule has 5 aromatic rings. The Morgan fingerprint density at radius 1 is 1.21 bits per heavy atom. The summed E-state index contributed by atoms with van der Waals surface area (Å²) in [5.74, 6) is -0.262. The molecule has 0 unspecified atom stereocenters. The van der Waals surface area contributed by atoms with Gasteiger partial charge in [0, 0.05) is 17.9 Å². The van der Waals surface area contributed by atoms with Gasteiger partial charge in [0.15, 0.2) is 5.58 Å². The number of hydrogen-bond donors (Lipinski definition) is 3. The Morgan fingerprint density at radius 2 is 2.00 bits per heavy atom. The van der Waals surface area contributed by atoms with Gasteiger partial charge in [-0.25, -0.2) is 4.57 Å². The number of aromatic hydroxyl groups is 2. The standard InChI is InChI=1S/C25H18ClN5O6S/c1-24-16(32)9-25(37-24,6-7-35-21-13-8-12(26)3-5-15(13)36-28-21)18-17(24)22(33)31(23(18)34)14-4-2-11(10-27)19-20(14)30-38-29-19/h2-5,8,16,32-34H,6-7,9H2,1H3/t16-,24-,25+/m1/s1. The third kappa shape index (κ3) is 2.92. The van der Waals surface area contributed by atoms with E-state index in [1.807, 2.05) is 0 Å². The minimum atomic E-state index is -1.26. The predicted octanol–water partition coefficient (Wildman–Crippen LogP) is 4.23. The van der Waals surface area contributed by atoms with E-state index in [1.165, 1.54) is 4.57 Å². The molecular formula is C25H18ClN5O6S. The summed E-state index contributed by atoms with van der Waals surface area (Å²) < 4.78 is 27.3. The molecule has 2 aliphatic heterocycles. The monoisotopic (exact) mass is 551 g/mol. The molecule has 5 heterocycles. The highest BCUT2D eigenvalue weighted by molar-refractivity contribution is 7.00. The van der Waals surface area contributed by atoms with Crippen LogP contribution in [-0.2, 0) is 15.9 Å². The average molecular weight is 552 g/mol. The Bertz CT molecular complexity index is 1820. The fraction of sp³-hybridized carbons (Fsp3) is 0.280. The van der Waals surface area contributed by atoms with Crippen molar-refractivity contribution in [3.05, 3.63) is 52.0 Å². The van der Waals surface area contributed by atoms with E-state index in [-0.39, 0.29) is 37.1 Å². The van der Waals surface area contributed by atoms with E-state index in [0.29, 0.717) is 49.4 Å². The fourth-order valence-electron chi connectivity index (χ4n) is 5.78. The molecule has 0 aliphatic carbocycles. The van der Waals surface area contributed by atoms with Crippen LogP contribution in [0.2, 0.25) is 5.02 Å². The number of aliphatic hydroxyl groups is 1. The van der Waals surface area contributed by atoms with E-state index in [1.54, 1.807) is 37.3 Å². The van der Waals surface area contributed by atoms with Crippen molar-refractivity contribution in [3.63, 3.8) is 0 Å². The van der Waals surface area contributed by atoms with Crippen LogP contribution in [0, 0.1) is 11.3 Å². The maximum absolute atomic E-state index is 11.5. The zero-order chi connectivity index (χ0) is 26.4. The van der Waals surface area contributed by atoms with Crippen LogP contribution in [0.4, 0.5) is 0 Å². The number of halogens is 1. The van der Waals surface area contributed by atoms with E-state index in [2.05, 4.69) is 20.0 Å². The predicted molar refractivity (Wildman–Crippen MR) is 135 cm³/mol. The smallest absolute Gasteiger partial charge is 0.262 e. The number of fused-ring (bicyclic) bond motifs is 7. The molecule has 1 saturated heterocycles. The van der Waals surface area contributed by atoms with Gasteiger partial charge in [0.2, 0.25) is 11.8 Å². The molecule has 2 aromatic carbocycles. The Hall–Kier alpha value is -3.89. The van der Waals surface area contributed by atoms with Gasteiger partial charge in [0.05, 0.1) is 52.2 Å². The van der Waals surface area contributed by atoms with Crippen molar-refractivity contribution < 1.29 is 29.3 Å². The number of benzene rings is 2. The minimum absolute atomic E-state index is 0.110. The zero-order valence-electron chi connectivity index (χ0n) is 19.7. The molecule has 192 valence electrons. The maximum Gasteiger partial charge on any atom is 0.262 e. The second-order valence-electron chi connectivity index (χ2n) is 9.59. The quantitative estimate of drug-likeness (QED) is 0.288. The topological polar surface area (TPSA) is 160 Å². The van der Waals surface area contributed by atoms with Gasteiger partial charge < -0.3 is 29.3 Å². The summed E-state index contributed by atoms with van der Waals surface area (Å²) in [6, 6.07) is 10.3. The first-order chi connectivity index (χ1) is 18.3. The molecule has 7 rings (SSSR count). The average Bonchev–Trinajstić information content (AvgIpc) is 3.67. The lowest BCUT2D eigenvalue weighted by Crippen LogP contribution is -2.33. The molecule has 3 aromatic heterocycles. The van der Waals surface area contributed by atoms with E-state index >= 15 is 0 Å². The lowest BCUT2D eigenvalue weighted by molar-refractivity contribution is -0.107. The van der Waals surface area contributed by atoms with Gasteiger partial charge in [-0.1, -0.05) is 11.6 Å². The summed E-state index contributed by atoms with van der Waals surface area (Å²) in [6.07, 6.45) is -0.520. The van der Waals surface area contributed by atoms with E-state index in [9.17, 15) is 20.6 Å². The van der Waals surface area contributed by atoms with Crippen molar-refractivity contribution >= 4 is 45.3 Å². The lowest BCUT2D eigenvalue weighted by Gasteiger charge is -2.26. The van der Waals surface area contributed by atoms with E-state index in [4.69, 9.17) is 25.6 Å². The van der Waals surface area contributed by atoms with Crippen LogP contribution in [0.3, 0.4) is 0 Å². The highest BCUT2D eigenvalue weighted by Crippen LogP contribution is 2.65. The summed E-state index contributed by atoms with van der Waals surface area (Å²) in [4.78, 5) is 0. The molecule has 0 spiro atoms. The van der Waals surface area contributed by atoms with Crippen molar-refractivity contribution in [1.82, 2.24) is 18.5 Å². The molecule has 13 heteroatoms. The van der Waals surface area contributed by atoms with Crippen LogP contribution in [0.1, 0.15) is 36.5 Å². The summed E-state index contributed by atoms with van der Waals surface area (Å²) in [6.45, 7) is 1.79. The third-order valence-electron chi connectivity index (χ3n) is 7.54. The molecule has 0 amide bonds. The zero-order valence-corrected chi connectivity index (χ0v) is 21.2. The lowest BCUT2D eigenvalue weighted by atomic mass is 9.76. The Labute approximate surface area is 223 Å². The Balaban J connectivity index is 1.29. The number of hydrogen-bond acceptors (Lipinski definition) is 11. The fourth-order valence-corrected chi connectivity index (χ4v) is 6.52. The van der Waals surface area contributed by atoms with Crippen molar-refractivity contribution in [1.29, 1.82) is 5.26 Å².